The monoisotopic (exact) mass is 282 g/mol. The fourth-order valence-corrected chi connectivity index (χ4v) is 2.10. The minimum atomic E-state index is -0.150. The molecule has 2 aromatic rings. The minimum absolute atomic E-state index is 0.150. The van der Waals surface area contributed by atoms with Crippen molar-refractivity contribution in [1.29, 1.82) is 0 Å². The maximum Gasteiger partial charge on any atom is 0.272 e. The fraction of sp³-hybridized carbons (Fsp3) is 0.312. The molecule has 1 saturated carbocycles. The Bertz CT molecular complexity index is 662. The van der Waals surface area contributed by atoms with Gasteiger partial charge in [-0.2, -0.15) is 0 Å². The summed E-state index contributed by atoms with van der Waals surface area (Å²) in [4.78, 5) is 11.8. The van der Waals surface area contributed by atoms with E-state index in [1.54, 1.807) is 12.1 Å². The lowest BCUT2D eigenvalue weighted by molar-refractivity contribution is 0.0945. The number of rotatable bonds is 4. The van der Waals surface area contributed by atoms with E-state index in [9.17, 15) is 4.79 Å². The number of nitrogens with zero attached hydrogens (tertiary/aromatic N) is 2. The Labute approximate surface area is 123 Å². The molecule has 0 radical (unpaired) electrons. The Morgan fingerprint density at radius 1 is 1.14 bits per heavy atom. The molecule has 3 rings (SSSR count). The van der Waals surface area contributed by atoms with Gasteiger partial charge < -0.3 is 10.6 Å². The molecule has 1 fully saturated rings. The van der Waals surface area contributed by atoms with Gasteiger partial charge in [0.1, 0.15) is 0 Å². The number of aromatic nitrogens is 2. The van der Waals surface area contributed by atoms with Crippen molar-refractivity contribution in [3.63, 3.8) is 0 Å². The zero-order valence-electron chi connectivity index (χ0n) is 12.2. The molecule has 21 heavy (non-hydrogen) atoms. The summed E-state index contributed by atoms with van der Waals surface area (Å²) in [7, 11) is 0. The first-order valence-corrected chi connectivity index (χ1v) is 7.11. The highest BCUT2D eigenvalue weighted by Gasteiger charge is 2.24. The van der Waals surface area contributed by atoms with Gasteiger partial charge in [-0.05, 0) is 50.5 Å². The van der Waals surface area contributed by atoms with Crippen LogP contribution in [0.1, 0.15) is 34.5 Å². The maximum absolute atomic E-state index is 11.8. The molecule has 0 atom stereocenters. The Balaban J connectivity index is 1.70. The highest BCUT2D eigenvalue weighted by Crippen LogP contribution is 2.21. The molecule has 1 heterocycles. The second-order valence-corrected chi connectivity index (χ2v) is 5.49. The van der Waals surface area contributed by atoms with Crippen molar-refractivity contribution >= 4 is 17.4 Å². The lowest BCUT2D eigenvalue weighted by atomic mass is 10.1. The van der Waals surface area contributed by atoms with Crippen LogP contribution in [-0.4, -0.2) is 22.1 Å². The largest absolute Gasteiger partial charge is 0.348 e. The molecule has 1 aliphatic carbocycles. The molecule has 0 unspecified atom stereocenters. The normalized spacial score (nSPS) is 13.8. The molecule has 108 valence electrons. The third kappa shape index (κ3) is 3.37. The van der Waals surface area contributed by atoms with Crippen molar-refractivity contribution in [3.8, 4) is 0 Å². The first-order chi connectivity index (χ1) is 10.1. The van der Waals surface area contributed by atoms with Gasteiger partial charge in [0.15, 0.2) is 11.5 Å². The zero-order valence-corrected chi connectivity index (χ0v) is 12.2. The average Bonchev–Trinajstić information content (AvgIpc) is 3.26. The molecule has 5 nitrogen and oxygen atoms in total. The number of carbonyl (C=O) groups is 1. The van der Waals surface area contributed by atoms with Crippen LogP contribution in [0, 0.1) is 13.8 Å². The average molecular weight is 282 g/mol. The topological polar surface area (TPSA) is 66.9 Å². The fourth-order valence-electron chi connectivity index (χ4n) is 2.10. The first kappa shape index (κ1) is 13.5. The van der Waals surface area contributed by atoms with Crippen molar-refractivity contribution < 1.29 is 4.79 Å². The molecule has 0 spiro atoms. The van der Waals surface area contributed by atoms with Crippen LogP contribution in [0.5, 0.6) is 0 Å². The van der Waals surface area contributed by atoms with Crippen molar-refractivity contribution in [1.82, 2.24) is 15.5 Å². The number of amides is 1. The Morgan fingerprint density at radius 3 is 2.57 bits per heavy atom. The second-order valence-electron chi connectivity index (χ2n) is 5.49. The van der Waals surface area contributed by atoms with Crippen molar-refractivity contribution in [2.24, 2.45) is 0 Å². The van der Waals surface area contributed by atoms with Gasteiger partial charge in [-0.15, -0.1) is 10.2 Å². The number of benzene rings is 1. The van der Waals surface area contributed by atoms with Crippen molar-refractivity contribution in [2.45, 2.75) is 32.7 Å². The number of anilines is 2. The van der Waals surface area contributed by atoms with E-state index in [2.05, 4.69) is 33.8 Å². The molecule has 0 aliphatic heterocycles. The predicted octanol–water partition coefficient (Wildman–Crippen LogP) is 2.73. The Morgan fingerprint density at radius 2 is 1.95 bits per heavy atom. The van der Waals surface area contributed by atoms with Crippen LogP contribution >= 0.6 is 0 Å². The summed E-state index contributed by atoms with van der Waals surface area (Å²) >= 11 is 0. The highest BCUT2D eigenvalue weighted by molar-refractivity contribution is 5.92. The van der Waals surface area contributed by atoms with Gasteiger partial charge in [-0.3, -0.25) is 4.79 Å². The van der Waals surface area contributed by atoms with E-state index in [0.29, 0.717) is 17.6 Å². The van der Waals surface area contributed by atoms with Crippen LogP contribution in [0.15, 0.2) is 30.3 Å². The quantitative estimate of drug-likeness (QED) is 0.905. The lowest BCUT2D eigenvalue weighted by Crippen LogP contribution is -2.26. The van der Waals surface area contributed by atoms with Gasteiger partial charge >= 0.3 is 0 Å². The third-order valence-electron chi connectivity index (χ3n) is 3.45. The molecule has 5 heteroatoms. The van der Waals surface area contributed by atoms with E-state index in [0.717, 1.165) is 24.1 Å². The van der Waals surface area contributed by atoms with Gasteiger partial charge in [0.2, 0.25) is 0 Å². The molecule has 1 aromatic heterocycles. The third-order valence-corrected chi connectivity index (χ3v) is 3.45. The second kappa shape index (κ2) is 5.52. The molecule has 0 saturated heterocycles. The smallest absolute Gasteiger partial charge is 0.272 e. The molecule has 1 aromatic carbocycles. The molecular formula is C16H18N4O. The Hall–Kier alpha value is -2.43. The number of aryl methyl sites for hydroxylation is 2. The molecular weight excluding hydrogens is 264 g/mol. The molecule has 2 N–H and O–H groups in total. The predicted molar refractivity (Wildman–Crippen MR) is 81.7 cm³/mol. The van der Waals surface area contributed by atoms with E-state index in [-0.39, 0.29) is 5.91 Å². The van der Waals surface area contributed by atoms with Gasteiger partial charge in [0.05, 0.1) is 0 Å². The summed E-state index contributed by atoms with van der Waals surface area (Å²) in [6.07, 6.45) is 2.12. The summed E-state index contributed by atoms with van der Waals surface area (Å²) in [6.45, 7) is 4.10. The number of hydrogen-bond donors (Lipinski definition) is 2. The van der Waals surface area contributed by atoms with Crippen LogP contribution in [0.25, 0.3) is 0 Å². The standard InChI is InChI=1S/C16H18N4O/c1-10-3-6-13(11(2)9-10)18-15-8-7-14(19-20-15)16(21)17-12-4-5-12/h3,6-9,12H,4-5H2,1-2H3,(H,17,21)(H,18,20). The first-order valence-electron chi connectivity index (χ1n) is 7.11. The van der Waals surface area contributed by atoms with Gasteiger partial charge in [-0.1, -0.05) is 17.7 Å². The summed E-state index contributed by atoms with van der Waals surface area (Å²) in [5.74, 6) is 0.480. The van der Waals surface area contributed by atoms with Crippen LogP contribution in [0.4, 0.5) is 11.5 Å². The van der Waals surface area contributed by atoms with Crippen molar-refractivity contribution in [3.05, 3.63) is 47.2 Å². The lowest BCUT2D eigenvalue weighted by Gasteiger charge is -2.09. The molecule has 1 amide bonds. The molecule has 0 bridgehead atoms. The number of hydrogen-bond acceptors (Lipinski definition) is 4. The Kier molecular flexibility index (Phi) is 3.56. The number of nitrogens with one attached hydrogen (secondary N) is 2. The summed E-state index contributed by atoms with van der Waals surface area (Å²) in [5, 5.41) is 14.1. The van der Waals surface area contributed by atoms with E-state index in [1.165, 1.54) is 5.56 Å². The molecule has 1 aliphatic rings. The van der Waals surface area contributed by atoms with E-state index in [1.807, 2.05) is 19.1 Å². The summed E-state index contributed by atoms with van der Waals surface area (Å²) in [5.41, 5.74) is 3.71. The van der Waals surface area contributed by atoms with E-state index in [4.69, 9.17) is 0 Å². The van der Waals surface area contributed by atoms with Gasteiger partial charge in [0.25, 0.3) is 5.91 Å². The zero-order chi connectivity index (χ0) is 14.8. The van der Waals surface area contributed by atoms with Crippen LogP contribution in [0.3, 0.4) is 0 Å². The van der Waals surface area contributed by atoms with Crippen LogP contribution < -0.4 is 10.6 Å². The number of carbonyl (C=O) groups excluding carboxylic acids is 1. The SMILES string of the molecule is Cc1ccc(Nc2ccc(C(=O)NC3CC3)nn2)c(C)c1. The summed E-state index contributed by atoms with van der Waals surface area (Å²) < 4.78 is 0. The van der Waals surface area contributed by atoms with Crippen molar-refractivity contribution in [2.75, 3.05) is 5.32 Å². The maximum atomic E-state index is 11.8. The van der Waals surface area contributed by atoms with E-state index < -0.39 is 0 Å². The van der Waals surface area contributed by atoms with Gasteiger partial charge in [-0.25, -0.2) is 0 Å². The summed E-state index contributed by atoms with van der Waals surface area (Å²) in [6, 6.07) is 9.95. The van der Waals surface area contributed by atoms with E-state index >= 15 is 0 Å². The highest BCUT2D eigenvalue weighted by atomic mass is 16.2. The van der Waals surface area contributed by atoms with Crippen LogP contribution in [-0.2, 0) is 0 Å². The minimum Gasteiger partial charge on any atom is -0.348 e. The van der Waals surface area contributed by atoms with Gasteiger partial charge in [0, 0.05) is 11.7 Å². The van der Waals surface area contributed by atoms with Crippen LogP contribution in [0.2, 0.25) is 0 Å².